The third-order valence-corrected chi connectivity index (χ3v) is 4.99. The molecule has 27 heavy (non-hydrogen) atoms. The molecule has 9 nitrogen and oxygen atoms in total. The number of nitrogens with one attached hydrogen (secondary N) is 1. The van der Waals surface area contributed by atoms with E-state index in [2.05, 4.69) is 15.2 Å². The summed E-state index contributed by atoms with van der Waals surface area (Å²) in [6.07, 6.45) is -2.03. The van der Waals surface area contributed by atoms with Crippen molar-refractivity contribution in [1.82, 2.24) is 15.2 Å². The minimum Gasteiger partial charge on any atom is -0.388 e. The quantitative estimate of drug-likeness (QED) is 0.586. The Kier molecular flexibility index (Phi) is 6.25. The van der Waals surface area contributed by atoms with Crippen LogP contribution in [0.25, 0.3) is 0 Å². The zero-order chi connectivity index (χ0) is 19.4. The van der Waals surface area contributed by atoms with Gasteiger partial charge in [-0.05, 0) is 12.1 Å². The molecule has 0 spiro atoms. The fraction of sp³-hybridized carbons (Fsp3) is 0.611. The molecule has 148 valence electrons. The van der Waals surface area contributed by atoms with Gasteiger partial charge in [0, 0.05) is 45.8 Å². The molecule has 0 aromatic carbocycles. The van der Waals surface area contributed by atoms with Crippen molar-refractivity contribution >= 4 is 17.6 Å². The van der Waals surface area contributed by atoms with Crippen LogP contribution in [0.15, 0.2) is 24.4 Å². The molecule has 2 saturated heterocycles. The molecule has 0 radical (unpaired) electrons. The lowest BCUT2D eigenvalue weighted by atomic mass is 10.0. The molecule has 0 aliphatic carbocycles. The molecular weight excluding hydrogens is 352 g/mol. The van der Waals surface area contributed by atoms with Crippen molar-refractivity contribution < 1.29 is 24.5 Å². The normalized spacial score (nSPS) is 28.3. The molecule has 3 N–H and O–H groups in total. The third-order valence-electron chi connectivity index (χ3n) is 4.99. The largest absolute Gasteiger partial charge is 0.388 e. The van der Waals surface area contributed by atoms with Crippen molar-refractivity contribution in [3.05, 3.63) is 24.4 Å². The monoisotopic (exact) mass is 378 g/mol. The van der Waals surface area contributed by atoms with Gasteiger partial charge in [0.2, 0.25) is 11.8 Å². The second-order valence-corrected chi connectivity index (χ2v) is 6.89. The summed E-state index contributed by atoms with van der Waals surface area (Å²) in [7, 11) is 0. The minimum atomic E-state index is -1.15. The first-order valence-electron chi connectivity index (χ1n) is 9.15. The SMILES string of the molecule is CC(=O)NC[C@H]1O[C@@H](CC(=O)N2CCN(c3ccccn3)CC2)[C@H](O)[C@@H]1O. The summed E-state index contributed by atoms with van der Waals surface area (Å²) in [6.45, 7) is 3.96. The summed E-state index contributed by atoms with van der Waals surface area (Å²) in [4.78, 5) is 31.8. The molecule has 3 rings (SSSR count). The van der Waals surface area contributed by atoms with E-state index in [0.29, 0.717) is 26.2 Å². The topological polar surface area (TPSA) is 115 Å². The van der Waals surface area contributed by atoms with Gasteiger partial charge in [0.05, 0.1) is 12.5 Å². The number of amides is 2. The molecule has 2 aliphatic heterocycles. The molecule has 3 heterocycles. The molecule has 1 aromatic heterocycles. The zero-order valence-electron chi connectivity index (χ0n) is 15.3. The molecule has 2 amide bonds. The summed E-state index contributed by atoms with van der Waals surface area (Å²) < 4.78 is 5.61. The maximum absolute atomic E-state index is 12.6. The molecule has 0 unspecified atom stereocenters. The van der Waals surface area contributed by atoms with Crippen LogP contribution in [0.4, 0.5) is 5.82 Å². The van der Waals surface area contributed by atoms with Gasteiger partial charge in [-0.25, -0.2) is 4.98 Å². The van der Waals surface area contributed by atoms with Crippen molar-refractivity contribution in [3.63, 3.8) is 0 Å². The summed E-state index contributed by atoms with van der Waals surface area (Å²) in [6, 6.07) is 5.74. The van der Waals surface area contributed by atoms with Gasteiger partial charge in [0.1, 0.15) is 24.1 Å². The Balaban J connectivity index is 1.48. The number of aliphatic hydroxyl groups excluding tert-OH is 2. The lowest BCUT2D eigenvalue weighted by Gasteiger charge is -2.36. The lowest BCUT2D eigenvalue weighted by Crippen LogP contribution is -2.50. The number of rotatable bonds is 5. The number of carbonyl (C=O) groups excluding carboxylic acids is 2. The highest BCUT2D eigenvalue weighted by Gasteiger charge is 2.43. The summed E-state index contributed by atoms with van der Waals surface area (Å²) >= 11 is 0. The summed E-state index contributed by atoms with van der Waals surface area (Å²) in [5.74, 6) is 0.528. The van der Waals surface area contributed by atoms with E-state index in [1.165, 1.54) is 6.92 Å². The molecule has 1 aromatic rings. The van der Waals surface area contributed by atoms with Crippen LogP contribution in [0, 0.1) is 0 Å². The van der Waals surface area contributed by atoms with E-state index in [-0.39, 0.29) is 24.8 Å². The number of aliphatic hydroxyl groups is 2. The fourth-order valence-electron chi connectivity index (χ4n) is 3.43. The van der Waals surface area contributed by atoms with E-state index < -0.39 is 24.4 Å². The number of carbonyl (C=O) groups is 2. The van der Waals surface area contributed by atoms with E-state index in [9.17, 15) is 19.8 Å². The molecule has 9 heteroatoms. The number of ether oxygens (including phenoxy) is 1. The smallest absolute Gasteiger partial charge is 0.225 e. The van der Waals surface area contributed by atoms with Crippen LogP contribution in [0.2, 0.25) is 0 Å². The van der Waals surface area contributed by atoms with Crippen LogP contribution in [-0.2, 0) is 14.3 Å². The van der Waals surface area contributed by atoms with E-state index >= 15 is 0 Å². The Morgan fingerprint density at radius 3 is 2.52 bits per heavy atom. The van der Waals surface area contributed by atoms with Crippen molar-refractivity contribution in [3.8, 4) is 0 Å². The van der Waals surface area contributed by atoms with Crippen LogP contribution in [-0.4, -0.2) is 89.1 Å². The maximum Gasteiger partial charge on any atom is 0.225 e. The van der Waals surface area contributed by atoms with Crippen LogP contribution in [0.1, 0.15) is 13.3 Å². The highest BCUT2D eigenvalue weighted by atomic mass is 16.5. The van der Waals surface area contributed by atoms with Crippen molar-refractivity contribution in [2.45, 2.75) is 37.8 Å². The molecule has 0 saturated carbocycles. The second-order valence-electron chi connectivity index (χ2n) is 6.89. The van der Waals surface area contributed by atoms with Crippen LogP contribution < -0.4 is 10.2 Å². The average Bonchev–Trinajstić information content (AvgIpc) is 2.95. The van der Waals surface area contributed by atoms with Crippen molar-refractivity contribution in [1.29, 1.82) is 0 Å². The van der Waals surface area contributed by atoms with Crippen LogP contribution in [0.5, 0.6) is 0 Å². The first kappa shape index (κ1) is 19.5. The highest BCUT2D eigenvalue weighted by molar-refractivity contribution is 5.77. The van der Waals surface area contributed by atoms with Gasteiger partial charge < -0.3 is 30.1 Å². The molecule has 0 bridgehead atoms. The number of hydrogen-bond acceptors (Lipinski definition) is 7. The standard InChI is InChI=1S/C18H26N4O5/c1-12(23)20-11-14-18(26)17(25)13(27-14)10-16(24)22-8-6-21(7-9-22)15-4-2-3-5-19-15/h2-5,13-14,17-18,25-26H,6-11H2,1H3,(H,20,23)/t13-,14+,17-,18+/m0/s1. The van der Waals surface area contributed by atoms with E-state index in [1.54, 1.807) is 11.1 Å². The second kappa shape index (κ2) is 8.64. The van der Waals surface area contributed by atoms with Gasteiger partial charge in [-0.1, -0.05) is 6.07 Å². The van der Waals surface area contributed by atoms with Crippen LogP contribution in [0.3, 0.4) is 0 Å². The Morgan fingerprint density at radius 2 is 1.89 bits per heavy atom. The number of nitrogens with zero attached hydrogens (tertiary/aromatic N) is 3. The minimum absolute atomic E-state index is 0.00160. The van der Waals surface area contributed by atoms with E-state index in [0.717, 1.165) is 5.82 Å². The average molecular weight is 378 g/mol. The Bertz CT molecular complexity index is 650. The zero-order valence-corrected chi connectivity index (χ0v) is 15.3. The van der Waals surface area contributed by atoms with Gasteiger partial charge in [-0.15, -0.1) is 0 Å². The van der Waals surface area contributed by atoms with Crippen LogP contribution >= 0.6 is 0 Å². The van der Waals surface area contributed by atoms with Gasteiger partial charge in [0.25, 0.3) is 0 Å². The van der Waals surface area contributed by atoms with Crippen molar-refractivity contribution in [2.75, 3.05) is 37.6 Å². The van der Waals surface area contributed by atoms with E-state index in [4.69, 9.17) is 4.74 Å². The van der Waals surface area contributed by atoms with Gasteiger partial charge in [-0.3, -0.25) is 9.59 Å². The first-order chi connectivity index (χ1) is 13.0. The lowest BCUT2D eigenvalue weighted by molar-refractivity contribution is -0.135. The Morgan fingerprint density at radius 1 is 1.19 bits per heavy atom. The molecular formula is C18H26N4O5. The fourth-order valence-corrected chi connectivity index (χ4v) is 3.43. The number of hydrogen-bond donors (Lipinski definition) is 3. The van der Waals surface area contributed by atoms with Crippen molar-refractivity contribution in [2.24, 2.45) is 0 Å². The Hall–Kier alpha value is -2.23. The number of piperazine rings is 1. The Labute approximate surface area is 157 Å². The highest BCUT2D eigenvalue weighted by Crippen LogP contribution is 2.24. The van der Waals surface area contributed by atoms with Gasteiger partial charge in [-0.2, -0.15) is 0 Å². The first-order valence-corrected chi connectivity index (χ1v) is 9.15. The number of aromatic nitrogens is 1. The molecule has 4 atom stereocenters. The predicted octanol–water partition coefficient (Wildman–Crippen LogP) is -1.25. The van der Waals surface area contributed by atoms with Gasteiger partial charge in [0.15, 0.2) is 0 Å². The number of pyridine rings is 1. The summed E-state index contributed by atoms with van der Waals surface area (Å²) in [5, 5.41) is 22.8. The van der Waals surface area contributed by atoms with Gasteiger partial charge >= 0.3 is 0 Å². The maximum atomic E-state index is 12.6. The predicted molar refractivity (Wildman–Crippen MR) is 97.0 cm³/mol. The third kappa shape index (κ3) is 4.74. The molecule has 2 aliphatic rings. The molecule has 2 fully saturated rings. The van der Waals surface area contributed by atoms with E-state index in [1.807, 2.05) is 18.2 Å². The number of anilines is 1. The summed E-state index contributed by atoms with van der Waals surface area (Å²) in [5.41, 5.74) is 0.